The van der Waals surface area contributed by atoms with Crippen molar-refractivity contribution in [2.24, 2.45) is 0 Å². The number of nitro groups is 1. The van der Waals surface area contributed by atoms with Crippen LogP contribution in [0.1, 0.15) is 25.0 Å². The number of carbonyl (C=O) groups is 2. The first-order valence-corrected chi connectivity index (χ1v) is 15.3. The molecule has 0 aromatic heterocycles. The minimum absolute atomic E-state index is 0.000978. The number of likely N-dealkylation sites (N-methyl/N-ethyl adjacent to an activating group) is 1. The van der Waals surface area contributed by atoms with Crippen molar-refractivity contribution in [3.63, 3.8) is 0 Å². The van der Waals surface area contributed by atoms with E-state index in [1.165, 1.54) is 49.3 Å². The molecule has 2 amide bonds. The zero-order chi connectivity index (χ0) is 31.2. The van der Waals surface area contributed by atoms with Gasteiger partial charge in [0.15, 0.2) is 0 Å². The lowest BCUT2D eigenvalue weighted by Crippen LogP contribution is -2.51. The van der Waals surface area contributed by atoms with Gasteiger partial charge in [0.1, 0.15) is 18.3 Å². The molecular weight excluding hydrogens is 652 g/mol. The molecule has 42 heavy (non-hydrogen) atoms. The van der Waals surface area contributed by atoms with E-state index in [-0.39, 0.29) is 28.6 Å². The predicted molar refractivity (Wildman–Crippen MR) is 163 cm³/mol. The van der Waals surface area contributed by atoms with Gasteiger partial charge < -0.3 is 15.0 Å². The average Bonchev–Trinajstić information content (AvgIpc) is 2.95. The van der Waals surface area contributed by atoms with Crippen LogP contribution in [0.5, 0.6) is 5.75 Å². The number of nitrogens with zero attached hydrogens (tertiary/aromatic N) is 3. The monoisotopic (exact) mass is 680 g/mol. The first-order chi connectivity index (χ1) is 19.8. The lowest BCUT2D eigenvalue weighted by atomic mass is 10.1. The van der Waals surface area contributed by atoms with Gasteiger partial charge in [-0.1, -0.05) is 45.7 Å². The summed E-state index contributed by atoms with van der Waals surface area (Å²) in [5.74, 6) is -1.04. The van der Waals surface area contributed by atoms with Gasteiger partial charge in [0.05, 0.1) is 22.6 Å². The second-order valence-corrected chi connectivity index (χ2v) is 12.5. The van der Waals surface area contributed by atoms with Crippen LogP contribution in [0.25, 0.3) is 0 Å². The van der Waals surface area contributed by atoms with E-state index in [2.05, 4.69) is 21.2 Å². The van der Waals surface area contributed by atoms with E-state index in [1.54, 1.807) is 38.1 Å². The van der Waals surface area contributed by atoms with Crippen LogP contribution in [0.3, 0.4) is 0 Å². The fraction of sp³-hybridized carbons (Fsp3) is 0.286. The Bertz CT molecular complexity index is 1590. The van der Waals surface area contributed by atoms with Crippen molar-refractivity contribution >= 4 is 60.7 Å². The molecule has 0 saturated carbocycles. The predicted octanol–water partition coefficient (Wildman–Crippen LogP) is 5.08. The van der Waals surface area contributed by atoms with Gasteiger partial charge in [-0.3, -0.25) is 24.0 Å². The number of aryl methyl sites for hydroxylation is 1. The highest BCUT2D eigenvalue weighted by molar-refractivity contribution is 9.10. The number of methoxy groups -OCH3 is 1. The molecule has 1 atom stereocenters. The van der Waals surface area contributed by atoms with Gasteiger partial charge in [-0.05, 0) is 62.7 Å². The smallest absolute Gasteiger partial charge is 0.273 e. The van der Waals surface area contributed by atoms with Crippen molar-refractivity contribution < 1.29 is 27.7 Å². The van der Waals surface area contributed by atoms with E-state index in [9.17, 15) is 28.1 Å². The van der Waals surface area contributed by atoms with Crippen LogP contribution in [0.15, 0.2) is 70.0 Å². The number of ether oxygens (including phenoxy) is 1. The molecule has 0 heterocycles. The lowest BCUT2D eigenvalue weighted by Gasteiger charge is -2.32. The second kappa shape index (κ2) is 14.0. The maximum Gasteiger partial charge on any atom is 0.273 e. The second-order valence-electron chi connectivity index (χ2n) is 9.25. The van der Waals surface area contributed by atoms with Gasteiger partial charge >= 0.3 is 0 Å². The standard InChI is InChI=1S/C28H30BrClN4O7S/c1-5-31-28(36)19(3)32(16-20-7-9-21(29)10-8-20)27(35)17-33(25-14-22(30)11-13-26(25)41-4)42(39,40)23-12-6-18(2)24(15-23)34(37)38/h6-15,19H,5,16-17H2,1-4H3,(H,31,36)/t19-/m1/s1. The molecule has 3 rings (SSSR count). The van der Waals surface area contributed by atoms with Crippen LogP contribution >= 0.6 is 27.5 Å². The topological polar surface area (TPSA) is 139 Å². The summed E-state index contributed by atoms with van der Waals surface area (Å²) >= 11 is 9.60. The van der Waals surface area contributed by atoms with E-state index in [1.807, 2.05) is 0 Å². The fourth-order valence-corrected chi connectivity index (χ4v) is 6.00. The Balaban J connectivity index is 2.16. The number of carbonyl (C=O) groups excluding carboxylic acids is 2. The summed E-state index contributed by atoms with van der Waals surface area (Å²) < 4.78 is 35.2. The largest absolute Gasteiger partial charge is 0.495 e. The summed E-state index contributed by atoms with van der Waals surface area (Å²) in [4.78, 5) is 38.6. The average molecular weight is 682 g/mol. The maximum atomic E-state index is 14.1. The van der Waals surface area contributed by atoms with Crippen molar-refractivity contribution in [1.82, 2.24) is 10.2 Å². The van der Waals surface area contributed by atoms with Gasteiger partial charge in [0.2, 0.25) is 11.8 Å². The zero-order valence-corrected chi connectivity index (χ0v) is 26.5. The quantitative estimate of drug-likeness (QED) is 0.208. The number of halogens is 2. The Morgan fingerprint density at radius 1 is 1.12 bits per heavy atom. The number of amides is 2. The van der Waals surface area contributed by atoms with E-state index in [0.29, 0.717) is 12.1 Å². The van der Waals surface area contributed by atoms with Crippen LogP contribution in [0.2, 0.25) is 5.02 Å². The van der Waals surface area contributed by atoms with Crippen LogP contribution in [-0.4, -0.2) is 56.3 Å². The summed E-state index contributed by atoms with van der Waals surface area (Å²) in [5.41, 5.74) is 0.503. The molecule has 3 aromatic rings. The molecule has 0 aliphatic carbocycles. The van der Waals surface area contributed by atoms with Crippen molar-refractivity contribution in [3.8, 4) is 5.75 Å². The highest BCUT2D eigenvalue weighted by atomic mass is 79.9. The Morgan fingerprint density at radius 2 is 1.79 bits per heavy atom. The number of anilines is 1. The molecule has 0 saturated heterocycles. The normalized spacial score (nSPS) is 11.9. The third-order valence-electron chi connectivity index (χ3n) is 6.44. The van der Waals surface area contributed by atoms with Crippen LogP contribution < -0.4 is 14.4 Å². The molecule has 0 spiro atoms. The molecule has 0 radical (unpaired) electrons. The van der Waals surface area contributed by atoms with Crippen molar-refractivity contribution in [1.29, 1.82) is 0 Å². The number of hydrogen-bond acceptors (Lipinski definition) is 7. The number of sulfonamides is 1. The lowest BCUT2D eigenvalue weighted by molar-refractivity contribution is -0.385. The van der Waals surface area contributed by atoms with Crippen LogP contribution in [0, 0.1) is 17.0 Å². The van der Waals surface area contributed by atoms with E-state index >= 15 is 0 Å². The number of nitro benzene ring substituents is 1. The third-order valence-corrected chi connectivity index (χ3v) is 8.96. The Morgan fingerprint density at radius 3 is 2.38 bits per heavy atom. The van der Waals surface area contributed by atoms with Crippen molar-refractivity contribution in [2.45, 2.75) is 38.3 Å². The first-order valence-electron chi connectivity index (χ1n) is 12.7. The minimum Gasteiger partial charge on any atom is -0.495 e. The number of benzene rings is 3. The third kappa shape index (κ3) is 7.58. The molecule has 0 aliphatic heterocycles. The van der Waals surface area contributed by atoms with E-state index in [4.69, 9.17) is 16.3 Å². The molecule has 3 aromatic carbocycles. The Hall–Kier alpha value is -3.68. The summed E-state index contributed by atoms with van der Waals surface area (Å²) in [6, 6.07) is 13.9. The van der Waals surface area contributed by atoms with Crippen LogP contribution in [0.4, 0.5) is 11.4 Å². The van der Waals surface area contributed by atoms with E-state index in [0.717, 1.165) is 14.8 Å². The highest BCUT2D eigenvalue weighted by Gasteiger charge is 2.34. The Labute approximate surface area is 257 Å². The maximum absolute atomic E-state index is 14.1. The van der Waals surface area contributed by atoms with E-state index < -0.39 is 49.9 Å². The molecule has 11 nitrogen and oxygen atoms in total. The van der Waals surface area contributed by atoms with Crippen molar-refractivity contribution in [3.05, 3.63) is 91.4 Å². The summed E-state index contributed by atoms with van der Waals surface area (Å²) in [7, 11) is -3.28. The minimum atomic E-state index is -4.60. The molecule has 224 valence electrons. The SMILES string of the molecule is CCNC(=O)[C@@H](C)N(Cc1ccc(Br)cc1)C(=O)CN(c1cc(Cl)ccc1OC)S(=O)(=O)c1ccc(C)c([N+](=O)[O-])c1. The number of rotatable bonds is 12. The highest BCUT2D eigenvalue weighted by Crippen LogP contribution is 2.36. The van der Waals surface area contributed by atoms with Gasteiger partial charge in [0.25, 0.3) is 15.7 Å². The Kier molecular flexibility index (Phi) is 10.9. The van der Waals surface area contributed by atoms with Gasteiger partial charge in [-0.2, -0.15) is 0 Å². The molecule has 0 aliphatic rings. The van der Waals surface area contributed by atoms with Crippen molar-refractivity contribution in [2.75, 3.05) is 24.5 Å². The van der Waals surface area contributed by atoms with Gasteiger partial charge in [-0.15, -0.1) is 0 Å². The van der Waals surface area contributed by atoms with Gasteiger partial charge in [-0.25, -0.2) is 8.42 Å². The summed E-state index contributed by atoms with van der Waals surface area (Å²) in [5, 5.41) is 14.5. The van der Waals surface area contributed by atoms with Crippen LogP contribution in [-0.2, 0) is 26.2 Å². The summed E-state index contributed by atoms with van der Waals surface area (Å²) in [6.45, 7) is 4.34. The molecule has 0 unspecified atom stereocenters. The molecule has 1 N–H and O–H groups in total. The molecular formula is C28H30BrClN4O7S. The molecule has 0 fully saturated rings. The molecule has 14 heteroatoms. The first kappa shape index (κ1) is 32.8. The van der Waals surface area contributed by atoms with Gasteiger partial charge in [0, 0.05) is 34.2 Å². The number of hydrogen-bond donors (Lipinski definition) is 1. The fourth-order valence-electron chi connectivity index (χ4n) is 4.14. The summed E-state index contributed by atoms with van der Waals surface area (Å²) in [6.07, 6.45) is 0. The molecule has 0 bridgehead atoms. The zero-order valence-electron chi connectivity index (χ0n) is 23.3. The number of nitrogens with one attached hydrogen (secondary N) is 1.